The summed E-state index contributed by atoms with van der Waals surface area (Å²) < 4.78 is 39.5. The molecule has 0 saturated heterocycles. The summed E-state index contributed by atoms with van der Waals surface area (Å²) in [6.07, 6.45) is -3.95. The number of hydrogen-bond acceptors (Lipinski definition) is 4. The van der Waals surface area contributed by atoms with Crippen molar-refractivity contribution in [3.63, 3.8) is 0 Å². The van der Waals surface area contributed by atoms with Crippen molar-refractivity contribution in [1.29, 1.82) is 0 Å². The van der Waals surface area contributed by atoms with Crippen LogP contribution in [0.4, 0.5) is 13.2 Å². The molecule has 2 N–H and O–H groups in total. The first kappa shape index (κ1) is 18.7. The second kappa shape index (κ2) is 7.24. The highest BCUT2D eigenvalue weighted by molar-refractivity contribution is 6.30. The molecule has 6 nitrogen and oxygen atoms in total. The molecular weight excluding hydrogens is 371 g/mol. The van der Waals surface area contributed by atoms with Crippen LogP contribution in [0.2, 0.25) is 5.02 Å². The molecule has 0 spiro atoms. The van der Waals surface area contributed by atoms with Gasteiger partial charge in [0.05, 0.1) is 6.54 Å². The highest BCUT2D eigenvalue weighted by atomic mass is 35.5. The van der Waals surface area contributed by atoms with Crippen LogP contribution >= 0.6 is 11.6 Å². The van der Waals surface area contributed by atoms with Gasteiger partial charge in [0.15, 0.2) is 5.82 Å². The van der Waals surface area contributed by atoms with Gasteiger partial charge in [-0.2, -0.15) is 13.2 Å². The molecule has 0 bridgehead atoms. The Bertz CT molecular complexity index is 790. The van der Waals surface area contributed by atoms with Crippen LogP contribution in [0.15, 0.2) is 24.3 Å². The second-order valence-electron chi connectivity index (χ2n) is 6.20. The zero-order valence-electron chi connectivity index (χ0n) is 13.7. The molecule has 140 valence electrons. The monoisotopic (exact) mass is 387 g/mol. The van der Waals surface area contributed by atoms with Gasteiger partial charge in [0.25, 0.3) is 0 Å². The van der Waals surface area contributed by atoms with E-state index in [2.05, 4.69) is 10.2 Å². The lowest BCUT2D eigenvalue weighted by Crippen LogP contribution is -2.42. The second-order valence-corrected chi connectivity index (χ2v) is 6.64. The van der Waals surface area contributed by atoms with E-state index < -0.39 is 18.0 Å². The van der Waals surface area contributed by atoms with E-state index in [4.69, 9.17) is 17.3 Å². The van der Waals surface area contributed by atoms with Crippen molar-refractivity contribution in [2.45, 2.75) is 38.1 Å². The van der Waals surface area contributed by atoms with Gasteiger partial charge in [-0.3, -0.25) is 4.79 Å². The molecule has 0 aliphatic carbocycles. The third kappa shape index (κ3) is 4.16. The number of hydrogen-bond donors (Lipinski definition) is 1. The first-order valence-corrected chi connectivity index (χ1v) is 8.39. The molecule has 2 heterocycles. The van der Waals surface area contributed by atoms with Gasteiger partial charge in [0, 0.05) is 30.6 Å². The van der Waals surface area contributed by atoms with Crippen molar-refractivity contribution in [2.24, 2.45) is 5.73 Å². The summed E-state index contributed by atoms with van der Waals surface area (Å²) in [7, 11) is 0. The first-order chi connectivity index (χ1) is 12.2. The van der Waals surface area contributed by atoms with Crippen LogP contribution in [-0.2, 0) is 30.5 Å². The molecule has 1 aliphatic heterocycles. The quantitative estimate of drug-likeness (QED) is 0.873. The number of aromatic nitrogens is 3. The Balaban J connectivity index is 1.59. The minimum Gasteiger partial charge on any atom is -0.333 e. The summed E-state index contributed by atoms with van der Waals surface area (Å²) in [5.74, 6) is -1.11. The average molecular weight is 388 g/mol. The number of carbonyl (C=O) groups excluding carboxylic acids is 1. The Kier molecular flexibility index (Phi) is 5.19. The number of fused-ring (bicyclic) bond motifs is 1. The lowest BCUT2D eigenvalue weighted by molar-refractivity contribution is -0.148. The fourth-order valence-corrected chi connectivity index (χ4v) is 3.06. The summed E-state index contributed by atoms with van der Waals surface area (Å²) >= 11 is 5.83. The van der Waals surface area contributed by atoms with Crippen LogP contribution in [0, 0.1) is 0 Å². The largest absolute Gasteiger partial charge is 0.451 e. The molecule has 1 atom stereocenters. The van der Waals surface area contributed by atoms with Crippen LogP contribution in [0.3, 0.4) is 0 Å². The first-order valence-electron chi connectivity index (χ1n) is 8.01. The van der Waals surface area contributed by atoms with Gasteiger partial charge < -0.3 is 15.2 Å². The van der Waals surface area contributed by atoms with Gasteiger partial charge in [-0.25, -0.2) is 0 Å². The lowest BCUT2D eigenvalue weighted by Gasteiger charge is -2.29. The molecule has 1 aromatic carbocycles. The molecule has 2 aromatic rings. The third-order valence-electron chi connectivity index (χ3n) is 4.21. The van der Waals surface area contributed by atoms with E-state index in [1.807, 2.05) is 12.1 Å². The molecular formula is C16H17ClF3N5O. The van der Waals surface area contributed by atoms with Gasteiger partial charge in [0.1, 0.15) is 0 Å². The minimum absolute atomic E-state index is 0.00439. The number of nitrogens with zero attached hydrogens (tertiary/aromatic N) is 4. The predicted molar refractivity (Wildman–Crippen MR) is 88.2 cm³/mol. The van der Waals surface area contributed by atoms with Crippen LogP contribution < -0.4 is 5.73 Å². The average Bonchev–Trinajstić information content (AvgIpc) is 3.00. The Labute approximate surface area is 152 Å². The molecule has 1 aliphatic rings. The van der Waals surface area contributed by atoms with E-state index in [-0.39, 0.29) is 37.8 Å². The SMILES string of the molecule is N[C@@H](CC(=O)N1CCn2c(nnc2C(F)(F)F)C1)Cc1ccc(Cl)cc1. The van der Waals surface area contributed by atoms with Gasteiger partial charge >= 0.3 is 6.18 Å². The number of carbonyl (C=O) groups is 1. The maximum atomic E-state index is 12.8. The molecule has 26 heavy (non-hydrogen) atoms. The zero-order chi connectivity index (χ0) is 18.9. The summed E-state index contributed by atoms with van der Waals surface area (Å²) in [6.45, 7) is 0.172. The topological polar surface area (TPSA) is 77.0 Å². The van der Waals surface area contributed by atoms with Gasteiger partial charge in [-0.15, -0.1) is 10.2 Å². The van der Waals surface area contributed by atoms with Crippen molar-refractivity contribution >= 4 is 17.5 Å². The number of benzene rings is 1. The number of amides is 1. The van der Waals surface area contributed by atoms with Gasteiger partial charge in [0.2, 0.25) is 11.7 Å². The van der Waals surface area contributed by atoms with Crippen LogP contribution in [0.25, 0.3) is 0 Å². The van der Waals surface area contributed by atoms with E-state index in [1.54, 1.807) is 12.1 Å². The fraction of sp³-hybridized carbons (Fsp3) is 0.438. The highest BCUT2D eigenvalue weighted by Crippen LogP contribution is 2.29. The Morgan fingerprint density at radius 2 is 1.92 bits per heavy atom. The predicted octanol–water partition coefficient (Wildman–Crippen LogP) is 2.25. The van der Waals surface area contributed by atoms with Crippen molar-refractivity contribution in [3.8, 4) is 0 Å². The van der Waals surface area contributed by atoms with Crippen molar-refractivity contribution < 1.29 is 18.0 Å². The fourth-order valence-electron chi connectivity index (χ4n) is 2.93. The van der Waals surface area contributed by atoms with E-state index in [0.29, 0.717) is 11.4 Å². The van der Waals surface area contributed by atoms with E-state index in [9.17, 15) is 18.0 Å². The molecule has 0 unspecified atom stereocenters. The zero-order valence-corrected chi connectivity index (χ0v) is 14.5. The van der Waals surface area contributed by atoms with E-state index in [0.717, 1.165) is 10.1 Å². The van der Waals surface area contributed by atoms with Crippen LogP contribution in [0.1, 0.15) is 23.6 Å². The van der Waals surface area contributed by atoms with Crippen molar-refractivity contribution in [3.05, 3.63) is 46.5 Å². The number of halogens is 4. The minimum atomic E-state index is -4.56. The Morgan fingerprint density at radius 1 is 1.23 bits per heavy atom. The summed E-state index contributed by atoms with van der Waals surface area (Å²) in [4.78, 5) is 13.9. The number of nitrogens with two attached hydrogens (primary N) is 1. The Hall–Kier alpha value is -2.13. The molecule has 10 heteroatoms. The lowest BCUT2D eigenvalue weighted by atomic mass is 10.0. The molecule has 1 aromatic heterocycles. The molecule has 0 fully saturated rings. The molecule has 0 saturated carbocycles. The van der Waals surface area contributed by atoms with Crippen molar-refractivity contribution in [1.82, 2.24) is 19.7 Å². The van der Waals surface area contributed by atoms with Gasteiger partial charge in [-0.1, -0.05) is 23.7 Å². The normalized spacial score (nSPS) is 15.7. The maximum Gasteiger partial charge on any atom is 0.451 e. The van der Waals surface area contributed by atoms with Gasteiger partial charge in [-0.05, 0) is 24.1 Å². The van der Waals surface area contributed by atoms with Crippen LogP contribution in [0.5, 0.6) is 0 Å². The summed E-state index contributed by atoms with van der Waals surface area (Å²) in [6, 6.07) is 6.79. The summed E-state index contributed by atoms with van der Waals surface area (Å²) in [5.41, 5.74) is 7.01. The Morgan fingerprint density at radius 3 is 2.58 bits per heavy atom. The molecule has 1 amide bonds. The van der Waals surface area contributed by atoms with E-state index >= 15 is 0 Å². The smallest absolute Gasteiger partial charge is 0.333 e. The summed E-state index contributed by atoms with van der Waals surface area (Å²) in [5, 5.41) is 7.39. The van der Waals surface area contributed by atoms with Crippen LogP contribution in [-0.4, -0.2) is 38.2 Å². The third-order valence-corrected chi connectivity index (χ3v) is 4.46. The molecule has 0 radical (unpaired) electrons. The maximum absolute atomic E-state index is 12.8. The van der Waals surface area contributed by atoms with E-state index in [1.165, 1.54) is 4.90 Å². The molecule has 3 rings (SSSR count). The standard InChI is InChI=1S/C16H17ClF3N5O/c17-11-3-1-10(2-4-11)7-12(21)8-14(26)24-5-6-25-13(9-24)22-23-15(25)16(18,19)20/h1-4,12H,5-9,21H2/t12-/m1/s1. The highest BCUT2D eigenvalue weighted by Gasteiger charge is 2.39. The number of rotatable bonds is 4. The van der Waals surface area contributed by atoms with Crippen molar-refractivity contribution in [2.75, 3.05) is 6.54 Å². The number of alkyl halides is 3.